The molecular formula is C24H30FIN6O. The van der Waals surface area contributed by atoms with E-state index in [1.54, 1.807) is 19.2 Å². The normalized spacial score (nSPS) is 13.6. The van der Waals surface area contributed by atoms with Gasteiger partial charge in [0.1, 0.15) is 5.82 Å². The molecule has 0 radical (unpaired) electrons. The van der Waals surface area contributed by atoms with Crippen molar-refractivity contribution < 1.29 is 9.18 Å². The fourth-order valence-corrected chi connectivity index (χ4v) is 3.96. The van der Waals surface area contributed by atoms with Crippen LogP contribution in [0.15, 0.2) is 53.7 Å². The first kappa shape index (κ1) is 24.8. The van der Waals surface area contributed by atoms with Crippen LogP contribution in [0, 0.1) is 5.82 Å². The third-order valence-corrected chi connectivity index (χ3v) is 5.67. The van der Waals surface area contributed by atoms with Gasteiger partial charge in [0.15, 0.2) is 5.96 Å². The van der Waals surface area contributed by atoms with E-state index in [9.17, 15) is 9.18 Å². The van der Waals surface area contributed by atoms with Crippen LogP contribution >= 0.6 is 24.0 Å². The molecule has 2 aromatic carbocycles. The molecule has 9 heteroatoms. The summed E-state index contributed by atoms with van der Waals surface area (Å²) in [6.45, 7) is 2.88. The van der Waals surface area contributed by atoms with Crippen molar-refractivity contribution in [1.82, 2.24) is 20.5 Å². The van der Waals surface area contributed by atoms with E-state index in [0.29, 0.717) is 19.0 Å². The number of aromatic nitrogens is 1. The maximum atomic E-state index is 13.6. The summed E-state index contributed by atoms with van der Waals surface area (Å²) in [5.74, 6) is 0.449. The molecule has 7 nitrogen and oxygen atoms in total. The van der Waals surface area contributed by atoms with Gasteiger partial charge < -0.3 is 25.8 Å². The van der Waals surface area contributed by atoms with Crippen LogP contribution in [0.3, 0.4) is 0 Å². The monoisotopic (exact) mass is 564 g/mol. The number of urea groups is 1. The van der Waals surface area contributed by atoms with Crippen LogP contribution in [0.2, 0.25) is 0 Å². The lowest BCUT2D eigenvalue weighted by atomic mass is 10.1. The van der Waals surface area contributed by atoms with Gasteiger partial charge in [-0.25, -0.2) is 9.18 Å². The van der Waals surface area contributed by atoms with Crippen molar-refractivity contribution in [3.8, 4) is 0 Å². The number of H-pyrrole nitrogens is 1. The summed E-state index contributed by atoms with van der Waals surface area (Å²) in [6.07, 6.45) is 4.80. The van der Waals surface area contributed by atoms with Gasteiger partial charge in [-0.05, 0) is 60.7 Å². The molecule has 0 unspecified atom stereocenters. The van der Waals surface area contributed by atoms with Crippen molar-refractivity contribution in [2.75, 3.05) is 32.0 Å². The summed E-state index contributed by atoms with van der Waals surface area (Å²) in [7, 11) is 1.73. The number of hydrogen-bond donors (Lipinski definition) is 4. The van der Waals surface area contributed by atoms with Crippen molar-refractivity contribution in [2.45, 2.75) is 25.8 Å². The first-order chi connectivity index (χ1) is 15.6. The van der Waals surface area contributed by atoms with E-state index in [-0.39, 0.29) is 35.8 Å². The number of amides is 2. The largest absolute Gasteiger partial charge is 0.361 e. The number of hydrogen-bond acceptors (Lipinski definition) is 2. The quantitative estimate of drug-likeness (QED) is 0.203. The predicted molar refractivity (Wildman–Crippen MR) is 142 cm³/mol. The first-order valence-corrected chi connectivity index (χ1v) is 11.0. The van der Waals surface area contributed by atoms with Crippen molar-refractivity contribution in [3.63, 3.8) is 0 Å². The molecule has 0 saturated carbocycles. The van der Waals surface area contributed by atoms with Gasteiger partial charge >= 0.3 is 6.03 Å². The highest BCUT2D eigenvalue weighted by molar-refractivity contribution is 14.0. The zero-order chi connectivity index (χ0) is 22.3. The number of anilines is 1. The van der Waals surface area contributed by atoms with Gasteiger partial charge in [0, 0.05) is 56.0 Å². The lowest BCUT2D eigenvalue weighted by molar-refractivity contribution is 0.222. The Balaban J connectivity index is 0.00000306. The first-order valence-electron chi connectivity index (χ1n) is 11.0. The van der Waals surface area contributed by atoms with Crippen molar-refractivity contribution in [1.29, 1.82) is 0 Å². The second-order valence-electron chi connectivity index (χ2n) is 7.93. The van der Waals surface area contributed by atoms with Gasteiger partial charge in [0.05, 0.1) is 0 Å². The molecule has 4 rings (SSSR count). The average molecular weight is 564 g/mol. The summed E-state index contributed by atoms with van der Waals surface area (Å²) >= 11 is 0. The number of rotatable bonds is 6. The van der Waals surface area contributed by atoms with Crippen LogP contribution in [0.5, 0.6) is 0 Å². The van der Waals surface area contributed by atoms with E-state index < -0.39 is 0 Å². The highest BCUT2D eigenvalue weighted by atomic mass is 127. The topological polar surface area (TPSA) is 84.5 Å². The number of carbonyl (C=O) groups is 1. The molecule has 0 atom stereocenters. The summed E-state index contributed by atoms with van der Waals surface area (Å²) in [5, 5.41) is 10.5. The van der Waals surface area contributed by atoms with E-state index in [1.165, 1.54) is 6.07 Å². The summed E-state index contributed by atoms with van der Waals surface area (Å²) in [5.41, 5.74) is 3.82. The third-order valence-electron chi connectivity index (χ3n) is 5.67. The van der Waals surface area contributed by atoms with Crippen molar-refractivity contribution in [3.05, 3.63) is 65.6 Å². The van der Waals surface area contributed by atoms with Crippen molar-refractivity contribution >= 4 is 52.6 Å². The number of nitrogens with zero attached hydrogens (tertiary/aromatic N) is 2. The van der Waals surface area contributed by atoms with E-state index >= 15 is 0 Å². The number of likely N-dealkylation sites (tertiary alicyclic amines) is 1. The maximum absolute atomic E-state index is 13.6. The standard InChI is InChI=1S/C24H29FN6O.HI/c1-26-23(27-10-9-18-16-28-22-8-7-19(25)14-21(18)22)29-15-17-5-4-6-20(13-17)30-24(32)31-11-2-3-12-31;/h4-8,13-14,16,28H,2-3,9-12,15H2,1H3,(H,30,32)(H2,26,27,29);1H. The van der Waals surface area contributed by atoms with E-state index in [0.717, 1.165) is 60.1 Å². The number of halogens is 2. The summed E-state index contributed by atoms with van der Waals surface area (Å²) in [4.78, 5) is 21.6. The number of guanidine groups is 1. The molecular weight excluding hydrogens is 534 g/mol. The van der Waals surface area contributed by atoms with Gasteiger partial charge in [-0.2, -0.15) is 0 Å². The molecule has 2 heterocycles. The van der Waals surface area contributed by atoms with Gasteiger partial charge in [-0.15, -0.1) is 24.0 Å². The number of fused-ring (bicyclic) bond motifs is 1. The molecule has 1 aliphatic rings. The third kappa shape index (κ3) is 6.59. The minimum atomic E-state index is -0.234. The molecule has 176 valence electrons. The van der Waals surface area contributed by atoms with Gasteiger partial charge in [0.25, 0.3) is 0 Å². The van der Waals surface area contributed by atoms with Gasteiger partial charge in [-0.3, -0.25) is 4.99 Å². The second kappa shape index (κ2) is 11.9. The molecule has 1 saturated heterocycles. The molecule has 4 N–H and O–H groups in total. The minimum absolute atomic E-state index is 0. The average Bonchev–Trinajstić information content (AvgIpc) is 3.47. The SMILES string of the molecule is CN=C(NCCc1c[nH]c2ccc(F)cc12)NCc1cccc(NC(=O)N2CCCC2)c1.I. The fourth-order valence-electron chi connectivity index (χ4n) is 3.96. The molecule has 3 aromatic rings. The number of carbonyl (C=O) groups excluding carboxylic acids is 1. The Kier molecular flexibility index (Phi) is 8.93. The Labute approximate surface area is 210 Å². The molecule has 1 fully saturated rings. The van der Waals surface area contributed by atoms with E-state index in [4.69, 9.17) is 0 Å². The van der Waals surface area contributed by atoms with E-state index in [2.05, 4.69) is 25.9 Å². The predicted octanol–water partition coefficient (Wildman–Crippen LogP) is 4.46. The minimum Gasteiger partial charge on any atom is -0.361 e. The number of aromatic amines is 1. The Morgan fingerprint density at radius 1 is 1.15 bits per heavy atom. The van der Waals surface area contributed by atoms with Crippen LogP contribution in [-0.4, -0.2) is 48.6 Å². The van der Waals surface area contributed by atoms with Crippen LogP contribution < -0.4 is 16.0 Å². The molecule has 0 bridgehead atoms. The van der Waals surface area contributed by atoms with E-state index in [1.807, 2.05) is 35.4 Å². The lowest BCUT2D eigenvalue weighted by Crippen LogP contribution is -2.37. The molecule has 1 aliphatic heterocycles. The number of aliphatic imine (C=N–C) groups is 1. The highest BCUT2D eigenvalue weighted by Crippen LogP contribution is 2.19. The zero-order valence-electron chi connectivity index (χ0n) is 18.7. The number of benzene rings is 2. The summed E-state index contributed by atoms with van der Waals surface area (Å²) < 4.78 is 13.6. The van der Waals surface area contributed by atoms with Crippen molar-refractivity contribution in [2.24, 2.45) is 4.99 Å². The second-order valence-corrected chi connectivity index (χ2v) is 7.93. The Bertz CT molecular complexity index is 1110. The van der Waals surface area contributed by atoms with Crippen LogP contribution in [-0.2, 0) is 13.0 Å². The Morgan fingerprint density at radius 2 is 1.97 bits per heavy atom. The van der Waals surface area contributed by atoms with Gasteiger partial charge in [-0.1, -0.05) is 12.1 Å². The summed E-state index contributed by atoms with van der Waals surface area (Å²) in [6, 6.07) is 12.5. The molecule has 1 aromatic heterocycles. The molecule has 0 spiro atoms. The lowest BCUT2D eigenvalue weighted by Gasteiger charge is -2.17. The zero-order valence-corrected chi connectivity index (χ0v) is 21.0. The maximum Gasteiger partial charge on any atom is 0.321 e. The molecule has 33 heavy (non-hydrogen) atoms. The Morgan fingerprint density at radius 3 is 2.76 bits per heavy atom. The van der Waals surface area contributed by atoms with Crippen LogP contribution in [0.25, 0.3) is 10.9 Å². The Hall–Kier alpha value is -2.82. The molecule has 0 aliphatic carbocycles. The van der Waals surface area contributed by atoms with Crippen LogP contribution in [0.4, 0.5) is 14.9 Å². The fraction of sp³-hybridized carbons (Fsp3) is 0.333. The smallest absolute Gasteiger partial charge is 0.321 e. The number of nitrogens with one attached hydrogen (secondary N) is 4. The van der Waals surface area contributed by atoms with Gasteiger partial charge in [0.2, 0.25) is 0 Å². The van der Waals surface area contributed by atoms with Crippen LogP contribution in [0.1, 0.15) is 24.0 Å². The highest BCUT2D eigenvalue weighted by Gasteiger charge is 2.17. The molecule has 2 amide bonds.